The van der Waals surface area contributed by atoms with Crippen LogP contribution in [0.3, 0.4) is 0 Å². The number of sulfonamides is 1. The Balaban J connectivity index is 1.98. The highest BCUT2D eigenvalue weighted by atomic mass is 32.2. The van der Waals surface area contributed by atoms with Gasteiger partial charge in [-0.1, -0.05) is 44.1 Å². The molecule has 24 heavy (non-hydrogen) atoms. The van der Waals surface area contributed by atoms with Gasteiger partial charge in [0, 0.05) is 5.39 Å². The molecule has 8 heteroatoms. The second kappa shape index (κ2) is 5.71. The molecule has 0 aliphatic heterocycles. The van der Waals surface area contributed by atoms with Crippen LogP contribution < -0.4 is 4.72 Å². The molecule has 1 N–H and O–H groups in total. The van der Waals surface area contributed by atoms with Gasteiger partial charge < -0.3 is 8.94 Å². The normalized spacial score (nSPS) is 14.2. The van der Waals surface area contributed by atoms with Crippen molar-refractivity contribution in [3.8, 4) is 11.6 Å². The lowest BCUT2D eigenvalue weighted by atomic mass is 9.87. The maximum Gasteiger partial charge on any atom is 0.245 e. The second-order valence-electron chi connectivity index (χ2n) is 6.79. The fourth-order valence-electron chi connectivity index (χ4n) is 2.36. The van der Waals surface area contributed by atoms with E-state index in [-0.39, 0.29) is 11.7 Å². The number of nitrogens with zero attached hydrogens (tertiary/aromatic N) is 2. The van der Waals surface area contributed by atoms with Crippen LogP contribution in [-0.4, -0.2) is 24.8 Å². The van der Waals surface area contributed by atoms with Gasteiger partial charge in [-0.2, -0.15) is 4.98 Å². The molecule has 0 unspecified atom stereocenters. The van der Waals surface area contributed by atoms with Gasteiger partial charge in [-0.05, 0) is 17.5 Å². The summed E-state index contributed by atoms with van der Waals surface area (Å²) >= 11 is 0. The molecule has 7 nitrogen and oxygen atoms in total. The van der Waals surface area contributed by atoms with Crippen LogP contribution >= 0.6 is 0 Å². The first-order valence-corrected chi connectivity index (χ1v) is 9.32. The molecule has 1 aromatic carbocycles. The minimum Gasteiger partial charge on any atom is -0.453 e. The van der Waals surface area contributed by atoms with E-state index in [4.69, 9.17) is 8.94 Å². The van der Waals surface area contributed by atoms with Crippen molar-refractivity contribution in [1.29, 1.82) is 0 Å². The summed E-state index contributed by atoms with van der Waals surface area (Å²) in [7, 11) is -3.43. The molecule has 128 valence electrons. The third-order valence-corrected chi connectivity index (χ3v) is 4.20. The highest BCUT2D eigenvalue weighted by Crippen LogP contribution is 2.34. The average molecular weight is 349 g/mol. The monoisotopic (exact) mass is 349 g/mol. The van der Waals surface area contributed by atoms with E-state index in [0.29, 0.717) is 5.76 Å². The van der Waals surface area contributed by atoms with Crippen molar-refractivity contribution < 1.29 is 17.4 Å². The Morgan fingerprint density at radius 2 is 1.92 bits per heavy atom. The number of hydrogen-bond acceptors (Lipinski definition) is 6. The predicted octanol–water partition coefficient (Wildman–Crippen LogP) is 3.12. The lowest BCUT2D eigenvalue weighted by Crippen LogP contribution is -2.36. The average Bonchev–Trinajstić information content (AvgIpc) is 3.09. The highest BCUT2D eigenvalue weighted by molar-refractivity contribution is 7.88. The minimum atomic E-state index is -3.43. The molecule has 2 aromatic heterocycles. The summed E-state index contributed by atoms with van der Waals surface area (Å²) in [5.74, 6) is 0.951. The van der Waals surface area contributed by atoms with Crippen LogP contribution in [0.1, 0.15) is 32.7 Å². The van der Waals surface area contributed by atoms with Crippen molar-refractivity contribution in [2.45, 2.75) is 26.8 Å². The molecule has 0 bridgehead atoms. The van der Waals surface area contributed by atoms with Crippen molar-refractivity contribution in [1.82, 2.24) is 14.9 Å². The van der Waals surface area contributed by atoms with Gasteiger partial charge >= 0.3 is 0 Å². The van der Waals surface area contributed by atoms with Crippen molar-refractivity contribution in [3.63, 3.8) is 0 Å². The molecule has 3 rings (SSSR count). The molecule has 0 aliphatic rings. The van der Waals surface area contributed by atoms with Crippen LogP contribution in [0.15, 0.2) is 39.3 Å². The predicted molar refractivity (Wildman–Crippen MR) is 89.7 cm³/mol. The molecule has 2 heterocycles. The number of rotatable bonds is 4. The fourth-order valence-corrected chi connectivity index (χ4v) is 3.24. The van der Waals surface area contributed by atoms with Crippen LogP contribution in [0.2, 0.25) is 0 Å². The molecule has 0 saturated carbocycles. The molecular formula is C16H19N3O4S. The summed E-state index contributed by atoms with van der Waals surface area (Å²) in [5.41, 5.74) is 0.279. The van der Waals surface area contributed by atoms with Gasteiger partial charge in [0.05, 0.1) is 6.26 Å². The van der Waals surface area contributed by atoms with Gasteiger partial charge in [-0.25, -0.2) is 13.1 Å². The van der Waals surface area contributed by atoms with Crippen molar-refractivity contribution in [3.05, 3.63) is 36.2 Å². The van der Waals surface area contributed by atoms with E-state index in [1.165, 1.54) is 0 Å². The molecule has 0 saturated heterocycles. The number of furan rings is 1. The molecule has 0 amide bonds. The number of para-hydroxylation sites is 1. The van der Waals surface area contributed by atoms with Crippen LogP contribution in [0.4, 0.5) is 0 Å². The molecular weight excluding hydrogens is 330 g/mol. The zero-order chi connectivity index (χ0) is 17.5. The first-order valence-electron chi connectivity index (χ1n) is 7.43. The first-order chi connectivity index (χ1) is 11.1. The topological polar surface area (TPSA) is 98.2 Å². The van der Waals surface area contributed by atoms with Crippen molar-refractivity contribution in [2.24, 2.45) is 5.41 Å². The fraction of sp³-hybridized carbons (Fsp3) is 0.375. The zero-order valence-electron chi connectivity index (χ0n) is 13.9. The lowest BCUT2D eigenvalue weighted by Gasteiger charge is -2.27. The van der Waals surface area contributed by atoms with Gasteiger partial charge in [-0.3, -0.25) is 0 Å². The first kappa shape index (κ1) is 16.7. The van der Waals surface area contributed by atoms with Crippen LogP contribution in [0.5, 0.6) is 0 Å². The van der Waals surface area contributed by atoms with Gasteiger partial charge in [0.1, 0.15) is 11.6 Å². The van der Waals surface area contributed by atoms with Gasteiger partial charge in [-0.15, -0.1) is 0 Å². The van der Waals surface area contributed by atoms with Crippen LogP contribution in [0, 0.1) is 5.41 Å². The molecule has 0 spiro atoms. The Morgan fingerprint density at radius 3 is 2.54 bits per heavy atom. The molecule has 0 aliphatic carbocycles. The minimum absolute atomic E-state index is 0.198. The van der Waals surface area contributed by atoms with E-state index in [1.807, 2.05) is 51.1 Å². The highest BCUT2D eigenvalue weighted by Gasteiger charge is 2.34. The van der Waals surface area contributed by atoms with Crippen LogP contribution in [-0.2, 0) is 10.0 Å². The third-order valence-electron chi connectivity index (χ3n) is 3.53. The Bertz CT molecular complexity index is 934. The Hall–Kier alpha value is -2.19. The summed E-state index contributed by atoms with van der Waals surface area (Å²) in [6.45, 7) is 5.67. The number of benzene rings is 1. The van der Waals surface area contributed by atoms with E-state index in [1.54, 1.807) is 0 Å². The number of nitrogens with one attached hydrogen (secondary N) is 1. The molecule has 1 atom stereocenters. The summed E-state index contributed by atoms with van der Waals surface area (Å²) in [6, 6.07) is 8.74. The van der Waals surface area contributed by atoms with E-state index < -0.39 is 21.5 Å². The Kier molecular flexibility index (Phi) is 3.97. The number of fused-ring (bicyclic) bond motifs is 1. The van der Waals surface area contributed by atoms with Gasteiger partial charge in [0.15, 0.2) is 5.76 Å². The number of hydrogen-bond donors (Lipinski definition) is 1. The SMILES string of the molecule is CC(C)(C)[C@H](NS(C)(=O)=O)c1nc(-c2cc3ccccc3o2)no1. The molecule has 0 radical (unpaired) electrons. The summed E-state index contributed by atoms with van der Waals surface area (Å²) in [5, 5.41) is 4.86. The Morgan fingerprint density at radius 1 is 1.21 bits per heavy atom. The second-order valence-corrected chi connectivity index (χ2v) is 8.57. The summed E-state index contributed by atoms with van der Waals surface area (Å²) in [6.07, 6.45) is 1.10. The van der Waals surface area contributed by atoms with E-state index in [0.717, 1.165) is 17.2 Å². The van der Waals surface area contributed by atoms with Gasteiger partial charge in [0.25, 0.3) is 0 Å². The van der Waals surface area contributed by atoms with Crippen LogP contribution in [0.25, 0.3) is 22.6 Å². The largest absolute Gasteiger partial charge is 0.453 e. The maximum absolute atomic E-state index is 11.6. The summed E-state index contributed by atoms with van der Waals surface area (Å²) in [4.78, 5) is 4.33. The standard InChI is InChI=1S/C16H19N3O4S/c1-16(2,3)13(19-24(4,20)21)15-17-14(18-23-15)12-9-10-7-5-6-8-11(10)22-12/h5-9,13,19H,1-4H3/t13-/m1/s1. The summed E-state index contributed by atoms with van der Waals surface area (Å²) < 4.78 is 36.8. The van der Waals surface area contributed by atoms with Crippen molar-refractivity contribution in [2.75, 3.05) is 6.26 Å². The van der Waals surface area contributed by atoms with Crippen molar-refractivity contribution >= 4 is 21.0 Å². The zero-order valence-corrected chi connectivity index (χ0v) is 14.7. The number of aromatic nitrogens is 2. The molecule has 0 fully saturated rings. The smallest absolute Gasteiger partial charge is 0.245 e. The van der Waals surface area contributed by atoms with Gasteiger partial charge in [0.2, 0.25) is 21.7 Å². The quantitative estimate of drug-likeness (QED) is 0.777. The molecule has 3 aromatic rings. The third kappa shape index (κ3) is 3.49. The van der Waals surface area contributed by atoms with E-state index in [9.17, 15) is 8.42 Å². The lowest BCUT2D eigenvalue weighted by molar-refractivity contribution is 0.237. The van der Waals surface area contributed by atoms with E-state index >= 15 is 0 Å². The Labute approximate surface area is 140 Å². The van der Waals surface area contributed by atoms with E-state index in [2.05, 4.69) is 14.9 Å². The maximum atomic E-state index is 11.6.